The second-order valence-corrected chi connectivity index (χ2v) is 6.09. The van der Waals surface area contributed by atoms with Gasteiger partial charge in [-0.25, -0.2) is 0 Å². The standard InChI is InChI=1S/C18H24N2O6/c1-11(2)7-13(21)9-15(23)17(25)19-5-6-20-18(26)16(24)10-14(22)8-12(3)4/h7-8H,5-6,9-10H2,1-4H3,(H,19,25)(H,20,26). The van der Waals surface area contributed by atoms with E-state index in [4.69, 9.17) is 0 Å². The molecule has 0 aromatic heterocycles. The number of allylic oxidation sites excluding steroid dienone is 4. The van der Waals surface area contributed by atoms with Crippen molar-refractivity contribution >= 4 is 34.9 Å². The third-order valence-corrected chi connectivity index (χ3v) is 2.77. The van der Waals surface area contributed by atoms with Gasteiger partial charge in [-0.15, -0.1) is 0 Å². The van der Waals surface area contributed by atoms with Crippen molar-refractivity contribution in [2.24, 2.45) is 0 Å². The van der Waals surface area contributed by atoms with Gasteiger partial charge in [-0.2, -0.15) is 0 Å². The monoisotopic (exact) mass is 364 g/mol. The summed E-state index contributed by atoms with van der Waals surface area (Å²) in [6.45, 7) is 6.59. The van der Waals surface area contributed by atoms with Gasteiger partial charge in [0.2, 0.25) is 11.6 Å². The van der Waals surface area contributed by atoms with Gasteiger partial charge in [0, 0.05) is 13.1 Å². The van der Waals surface area contributed by atoms with Gasteiger partial charge in [0.1, 0.15) is 0 Å². The molecule has 26 heavy (non-hydrogen) atoms. The van der Waals surface area contributed by atoms with Crippen LogP contribution in [0, 0.1) is 0 Å². The van der Waals surface area contributed by atoms with Crippen LogP contribution in [-0.2, 0) is 28.8 Å². The van der Waals surface area contributed by atoms with E-state index in [0.717, 1.165) is 11.1 Å². The lowest BCUT2D eigenvalue weighted by atomic mass is 10.1. The molecule has 0 saturated heterocycles. The minimum absolute atomic E-state index is 0.0949. The Kier molecular flexibility index (Phi) is 10.3. The molecule has 0 aliphatic rings. The second kappa shape index (κ2) is 11.6. The molecular formula is C18H24N2O6. The zero-order valence-electron chi connectivity index (χ0n) is 15.4. The first-order chi connectivity index (χ1) is 12.0. The lowest BCUT2D eigenvalue weighted by Crippen LogP contribution is -2.40. The summed E-state index contributed by atoms with van der Waals surface area (Å²) < 4.78 is 0. The number of ketones is 4. The van der Waals surface area contributed by atoms with Crippen molar-refractivity contribution in [3.05, 3.63) is 23.3 Å². The summed E-state index contributed by atoms with van der Waals surface area (Å²) >= 11 is 0. The molecule has 8 nitrogen and oxygen atoms in total. The van der Waals surface area contributed by atoms with E-state index < -0.39 is 47.8 Å². The quantitative estimate of drug-likeness (QED) is 0.233. The Morgan fingerprint density at radius 3 is 1.19 bits per heavy atom. The maximum Gasteiger partial charge on any atom is 0.287 e. The zero-order valence-corrected chi connectivity index (χ0v) is 15.4. The predicted octanol–water partition coefficient (Wildman–Crippen LogP) is 0.208. The molecule has 0 aliphatic heterocycles. The fraction of sp³-hybridized carbons (Fsp3) is 0.444. The summed E-state index contributed by atoms with van der Waals surface area (Å²) in [4.78, 5) is 68.9. The van der Waals surface area contributed by atoms with Crippen LogP contribution in [0.15, 0.2) is 23.3 Å². The molecule has 0 rings (SSSR count). The first-order valence-corrected chi connectivity index (χ1v) is 8.00. The molecule has 0 fully saturated rings. The Bertz CT molecular complexity index is 607. The Balaban J connectivity index is 4.17. The minimum Gasteiger partial charge on any atom is -0.348 e. The van der Waals surface area contributed by atoms with E-state index in [1.165, 1.54) is 12.2 Å². The van der Waals surface area contributed by atoms with Crippen molar-refractivity contribution in [1.29, 1.82) is 0 Å². The van der Waals surface area contributed by atoms with E-state index in [1.807, 2.05) is 0 Å². The van der Waals surface area contributed by atoms with Crippen LogP contribution in [0.3, 0.4) is 0 Å². The highest BCUT2D eigenvalue weighted by molar-refractivity contribution is 6.40. The molecule has 2 N–H and O–H groups in total. The largest absolute Gasteiger partial charge is 0.348 e. The van der Waals surface area contributed by atoms with Crippen molar-refractivity contribution in [3.8, 4) is 0 Å². The first kappa shape index (κ1) is 23.1. The smallest absolute Gasteiger partial charge is 0.287 e. The van der Waals surface area contributed by atoms with Gasteiger partial charge < -0.3 is 10.6 Å². The zero-order chi connectivity index (χ0) is 20.3. The molecule has 0 atom stereocenters. The highest BCUT2D eigenvalue weighted by Gasteiger charge is 2.18. The molecule has 0 aromatic rings. The minimum atomic E-state index is -0.945. The topological polar surface area (TPSA) is 126 Å². The SMILES string of the molecule is CC(C)=CC(=O)CC(=O)C(=O)NCCNC(=O)C(=O)CC(=O)C=C(C)C. The number of hydrogen-bond acceptors (Lipinski definition) is 6. The van der Waals surface area contributed by atoms with Gasteiger partial charge in [0.15, 0.2) is 11.6 Å². The molecular weight excluding hydrogens is 340 g/mol. The summed E-state index contributed by atoms with van der Waals surface area (Å²) in [6.07, 6.45) is 1.48. The van der Waals surface area contributed by atoms with Crippen molar-refractivity contribution in [3.63, 3.8) is 0 Å². The second-order valence-electron chi connectivity index (χ2n) is 6.09. The molecule has 2 amide bonds. The van der Waals surface area contributed by atoms with Crippen LogP contribution in [0.1, 0.15) is 40.5 Å². The average molecular weight is 364 g/mol. The summed E-state index contributed by atoms with van der Waals surface area (Å²) in [7, 11) is 0. The van der Waals surface area contributed by atoms with E-state index in [2.05, 4.69) is 10.6 Å². The fourth-order valence-electron chi connectivity index (χ4n) is 1.77. The molecule has 0 spiro atoms. The van der Waals surface area contributed by atoms with Crippen molar-refractivity contribution in [1.82, 2.24) is 10.6 Å². The maximum absolute atomic E-state index is 11.5. The van der Waals surface area contributed by atoms with Crippen LogP contribution in [0.4, 0.5) is 0 Å². The molecule has 0 aliphatic carbocycles. The molecule has 8 heteroatoms. The summed E-state index contributed by atoms with van der Waals surface area (Å²) in [5.74, 6) is -4.60. The Morgan fingerprint density at radius 2 is 0.923 bits per heavy atom. The van der Waals surface area contributed by atoms with E-state index >= 15 is 0 Å². The predicted molar refractivity (Wildman–Crippen MR) is 94.1 cm³/mol. The molecule has 0 heterocycles. The van der Waals surface area contributed by atoms with E-state index in [9.17, 15) is 28.8 Å². The van der Waals surface area contributed by atoms with Crippen molar-refractivity contribution < 1.29 is 28.8 Å². The lowest BCUT2D eigenvalue weighted by molar-refractivity contribution is -0.140. The number of carbonyl (C=O) groups excluding carboxylic acids is 6. The molecule has 0 unspecified atom stereocenters. The van der Waals surface area contributed by atoms with Gasteiger partial charge in [-0.3, -0.25) is 28.8 Å². The third kappa shape index (κ3) is 10.8. The fourth-order valence-corrected chi connectivity index (χ4v) is 1.77. The Morgan fingerprint density at radius 1 is 0.615 bits per heavy atom. The van der Waals surface area contributed by atoms with Crippen LogP contribution in [-0.4, -0.2) is 48.0 Å². The number of amides is 2. The van der Waals surface area contributed by atoms with Crippen LogP contribution in [0.25, 0.3) is 0 Å². The Hall–Kier alpha value is -2.90. The molecule has 0 saturated carbocycles. The first-order valence-electron chi connectivity index (χ1n) is 8.00. The molecule has 142 valence electrons. The number of nitrogens with one attached hydrogen (secondary N) is 2. The normalized spacial score (nSPS) is 9.54. The summed E-state index contributed by atoms with van der Waals surface area (Å²) in [5.41, 5.74) is 1.44. The average Bonchev–Trinajstić information content (AvgIpc) is 2.48. The number of rotatable bonds is 11. The molecule has 0 bridgehead atoms. The number of Topliss-reactive ketones (excluding diaryl/α,β-unsaturated/α-hetero) is 2. The van der Waals surface area contributed by atoms with Crippen LogP contribution in [0.5, 0.6) is 0 Å². The lowest BCUT2D eigenvalue weighted by Gasteiger charge is -2.05. The van der Waals surface area contributed by atoms with Crippen LogP contribution in [0.2, 0.25) is 0 Å². The van der Waals surface area contributed by atoms with Gasteiger partial charge in [0.25, 0.3) is 11.8 Å². The highest BCUT2D eigenvalue weighted by atomic mass is 16.2. The van der Waals surface area contributed by atoms with E-state index in [0.29, 0.717) is 0 Å². The molecule has 0 radical (unpaired) electrons. The van der Waals surface area contributed by atoms with Crippen molar-refractivity contribution in [2.75, 3.05) is 13.1 Å². The summed E-state index contributed by atoms with van der Waals surface area (Å²) in [6, 6.07) is 0. The maximum atomic E-state index is 11.5. The van der Waals surface area contributed by atoms with Gasteiger partial charge in [0.05, 0.1) is 12.8 Å². The van der Waals surface area contributed by atoms with E-state index in [1.54, 1.807) is 27.7 Å². The summed E-state index contributed by atoms with van der Waals surface area (Å²) in [5, 5.41) is 4.48. The number of carbonyl (C=O) groups is 6. The Labute approximate surface area is 152 Å². The third-order valence-electron chi connectivity index (χ3n) is 2.77. The van der Waals surface area contributed by atoms with Gasteiger partial charge in [-0.1, -0.05) is 11.1 Å². The van der Waals surface area contributed by atoms with Crippen LogP contribution >= 0.6 is 0 Å². The van der Waals surface area contributed by atoms with Gasteiger partial charge in [-0.05, 0) is 39.8 Å². The van der Waals surface area contributed by atoms with Crippen LogP contribution < -0.4 is 10.6 Å². The highest BCUT2D eigenvalue weighted by Crippen LogP contribution is 1.95. The van der Waals surface area contributed by atoms with Crippen molar-refractivity contribution in [2.45, 2.75) is 40.5 Å². The van der Waals surface area contributed by atoms with Gasteiger partial charge >= 0.3 is 0 Å². The van der Waals surface area contributed by atoms with E-state index in [-0.39, 0.29) is 13.1 Å². The number of hydrogen-bond donors (Lipinski definition) is 2. The molecule has 0 aromatic carbocycles.